The minimum Gasteiger partial charge on any atom is -0.337 e. The highest BCUT2D eigenvalue weighted by Crippen LogP contribution is 2.29. The Morgan fingerprint density at radius 1 is 1.18 bits per heavy atom. The molecule has 2 amide bonds. The number of alkyl halides is 6. The number of carbonyl (C=O) groups is 1. The van der Waals surface area contributed by atoms with Gasteiger partial charge in [-0.05, 0) is 19.9 Å². The van der Waals surface area contributed by atoms with Crippen LogP contribution in [0.4, 0.5) is 37.1 Å². The van der Waals surface area contributed by atoms with Crippen molar-refractivity contribution in [1.29, 1.82) is 0 Å². The molecule has 0 aromatic carbocycles. The van der Waals surface area contributed by atoms with Crippen LogP contribution in [-0.4, -0.2) is 51.6 Å². The number of amides is 2. The number of piperazine rings is 1. The van der Waals surface area contributed by atoms with Gasteiger partial charge in [-0.25, -0.2) is 20.2 Å². The van der Waals surface area contributed by atoms with E-state index in [9.17, 15) is 35.9 Å². The fourth-order valence-corrected chi connectivity index (χ4v) is 3.28. The van der Waals surface area contributed by atoms with Crippen molar-refractivity contribution < 1.29 is 36.0 Å². The van der Waals surface area contributed by atoms with Gasteiger partial charge in [0.15, 0.2) is 0 Å². The summed E-state index contributed by atoms with van der Waals surface area (Å²) in [4.78, 5) is 41.5. The second-order valence-corrected chi connectivity index (χ2v) is 7.60. The highest BCUT2D eigenvalue weighted by molar-refractivity contribution is 5.73. The maximum absolute atomic E-state index is 12.9. The molecule has 2 atom stereocenters. The molecule has 15 heteroatoms. The molecule has 1 aliphatic rings. The zero-order chi connectivity index (χ0) is 25.3. The second kappa shape index (κ2) is 9.48. The Kier molecular flexibility index (Phi) is 7.05. The molecule has 34 heavy (non-hydrogen) atoms. The Morgan fingerprint density at radius 2 is 1.82 bits per heavy atom. The molecule has 2 N–H and O–H groups in total. The van der Waals surface area contributed by atoms with Crippen molar-refractivity contribution in [3.8, 4) is 0 Å². The lowest BCUT2D eigenvalue weighted by Gasteiger charge is -2.39. The van der Waals surface area contributed by atoms with Crippen LogP contribution >= 0.6 is 0 Å². The summed E-state index contributed by atoms with van der Waals surface area (Å²) in [5.41, 5.74) is -1.49. The molecular weight excluding hydrogens is 474 g/mol. The van der Waals surface area contributed by atoms with Gasteiger partial charge in [0.1, 0.15) is 11.7 Å². The van der Waals surface area contributed by atoms with Crippen LogP contribution in [-0.2, 0) is 17.2 Å². The molecular formula is C19H20F6N6O3. The van der Waals surface area contributed by atoms with E-state index in [2.05, 4.69) is 15.4 Å². The lowest BCUT2D eigenvalue weighted by Crippen LogP contribution is -2.57. The summed E-state index contributed by atoms with van der Waals surface area (Å²) in [6.07, 6.45) is -7.99. The van der Waals surface area contributed by atoms with Gasteiger partial charge in [-0.2, -0.15) is 26.3 Å². The molecule has 1 fully saturated rings. The number of pyridine rings is 1. The molecule has 3 heterocycles. The van der Waals surface area contributed by atoms with Crippen molar-refractivity contribution in [2.24, 2.45) is 0 Å². The van der Waals surface area contributed by atoms with E-state index in [1.165, 1.54) is 11.8 Å². The fraction of sp³-hybridized carbons (Fsp3) is 0.474. The normalized spacial score (nSPS) is 18.1. The van der Waals surface area contributed by atoms with Gasteiger partial charge in [-0.15, -0.1) is 0 Å². The predicted molar refractivity (Wildman–Crippen MR) is 106 cm³/mol. The highest BCUT2D eigenvalue weighted by Gasteiger charge is 2.35. The standard InChI is InChI=1S/C19H20F6N6O3/c1-10-9-30(16-27-7-13(8-28-16)18(20,21)22)3-4-31(10)17(33)29-34-11(2)12-5-14(19(23,24)25)15(32)26-6-12/h5-8,10-11H,3-4,9H2,1-2H3,(H,26,32)(H,29,33)/t10?,11-/m1/s1. The number of aromatic nitrogens is 3. The van der Waals surface area contributed by atoms with E-state index in [0.717, 1.165) is 6.20 Å². The minimum atomic E-state index is -4.85. The average Bonchev–Trinajstić information content (AvgIpc) is 2.76. The summed E-state index contributed by atoms with van der Waals surface area (Å²) in [7, 11) is 0. The summed E-state index contributed by atoms with van der Waals surface area (Å²) in [6, 6.07) is -0.433. The van der Waals surface area contributed by atoms with Crippen LogP contribution < -0.4 is 15.9 Å². The SMILES string of the molecule is CC1CN(c2ncc(C(F)(F)F)cn2)CCN1C(=O)NO[C@H](C)c1c[nH]c(=O)c(C(F)(F)F)c1. The Morgan fingerprint density at radius 3 is 2.38 bits per heavy atom. The van der Waals surface area contributed by atoms with Gasteiger partial charge in [0.2, 0.25) is 5.95 Å². The van der Waals surface area contributed by atoms with Crippen LogP contribution in [0.25, 0.3) is 0 Å². The first-order chi connectivity index (χ1) is 15.8. The number of nitrogens with zero attached hydrogens (tertiary/aromatic N) is 4. The lowest BCUT2D eigenvalue weighted by molar-refractivity contribution is -0.139. The molecule has 0 radical (unpaired) electrons. The average molecular weight is 494 g/mol. The number of carbonyl (C=O) groups excluding carboxylic acids is 1. The number of nitrogens with one attached hydrogen (secondary N) is 2. The molecule has 3 rings (SSSR count). The molecule has 1 saturated heterocycles. The summed E-state index contributed by atoms with van der Waals surface area (Å²) >= 11 is 0. The zero-order valence-corrected chi connectivity index (χ0v) is 17.9. The molecule has 1 aliphatic heterocycles. The molecule has 0 bridgehead atoms. The maximum Gasteiger partial charge on any atom is 0.421 e. The second-order valence-electron chi connectivity index (χ2n) is 7.60. The Labute approximate surface area is 188 Å². The topological polar surface area (TPSA) is 103 Å². The molecule has 1 unspecified atom stereocenters. The first kappa shape index (κ1) is 25.3. The maximum atomic E-state index is 12.9. The predicted octanol–water partition coefficient (Wildman–Crippen LogP) is 3.12. The van der Waals surface area contributed by atoms with Crippen molar-refractivity contribution in [2.75, 3.05) is 24.5 Å². The van der Waals surface area contributed by atoms with E-state index in [4.69, 9.17) is 4.84 Å². The zero-order valence-electron chi connectivity index (χ0n) is 17.9. The highest BCUT2D eigenvalue weighted by atomic mass is 19.4. The number of hydrogen-bond acceptors (Lipinski definition) is 6. The smallest absolute Gasteiger partial charge is 0.337 e. The number of anilines is 1. The Balaban J connectivity index is 1.57. The van der Waals surface area contributed by atoms with Crippen LogP contribution in [0.1, 0.15) is 36.6 Å². The Hall–Kier alpha value is -3.36. The summed E-state index contributed by atoms with van der Waals surface area (Å²) in [5, 5.41) is 0. The lowest BCUT2D eigenvalue weighted by atomic mass is 10.1. The third-order valence-corrected chi connectivity index (χ3v) is 5.16. The van der Waals surface area contributed by atoms with Crippen LogP contribution in [0.2, 0.25) is 0 Å². The number of hydrogen-bond donors (Lipinski definition) is 2. The monoisotopic (exact) mass is 494 g/mol. The fourth-order valence-electron chi connectivity index (χ4n) is 3.28. The molecule has 0 saturated carbocycles. The number of hydroxylamine groups is 1. The van der Waals surface area contributed by atoms with E-state index in [-0.39, 0.29) is 31.1 Å². The van der Waals surface area contributed by atoms with Gasteiger partial charge in [0.05, 0.1) is 5.56 Å². The van der Waals surface area contributed by atoms with Crippen molar-refractivity contribution in [3.63, 3.8) is 0 Å². The quantitative estimate of drug-likeness (QED) is 0.500. The minimum absolute atomic E-state index is 0.00968. The van der Waals surface area contributed by atoms with E-state index in [1.54, 1.807) is 11.8 Å². The van der Waals surface area contributed by atoms with Crippen molar-refractivity contribution in [1.82, 2.24) is 25.3 Å². The van der Waals surface area contributed by atoms with Crippen molar-refractivity contribution >= 4 is 12.0 Å². The van der Waals surface area contributed by atoms with Crippen LogP contribution in [0.5, 0.6) is 0 Å². The molecule has 186 valence electrons. The van der Waals surface area contributed by atoms with Crippen molar-refractivity contribution in [3.05, 3.63) is 51.7 Å². The van der Waals surface area contributed by atoms with Crippen LogP contribution in [0.3, 0.4) is 0 Å². The summed E-state index contributed by atoms with van der Waals surface area (Å²) in [6.45, 7) is 3.69. The number of H-pyrrole nitrogens is 1. The molecule has 0 aliphatic carbocycles. The summed E-state index contributed by atoms with van der Waals surface area (Å²) < 4.78 is 76.8. The number of rotatable bonds is 4. The van der Waals surface area contributed by atoms with Gasteiger partial charge >= 0.3 is 18.4 Å². The van der Waals surface area contributed by atoms with E-state index < -0.39 is 47.2 Å². The van der Waals surface area contributed by atoms with E-state index in [0.29, 0.717) is 18.5 Å². The van der Waals surface area contributed by atoms with Gasteiger partial charge in [0, 0.05) is 49.8 Å². The van der Waals surface area contributed by atoms with Gasteiger partial charge in [0.25, 0.3) is 5.56 Å². The Bertz CT molecular complexity index is 1070. The molecule has 2 aromatic rings. The first-order valence-corrected chi connectivity index (χ1v) is 9.93. The molecule has 2 aromatic heterocycles. The van der Waals surface area contributed by atoms with E-state index >= 15 is 0 Å². The largest absolute Gasteiger partial charge is 0.421 e. The number of aromatic amines is 1. The third-order valence-electron chi connectivity index (χ3n) is 5.16. The number of urea groups is 1. The number of halogens is 6. The van der Waals surface area contributed by atoms with E-state index in [1.807, 2.05) is 4.98 Å². The van der Waals surface area contributed by atoms with Crippen LogP contribution in [0.15, 0.2) is 29.5 Å². The van der Waals surface area contributed by atoms with Gasteiger partial charge in [-0.1, -0.05) is 0 Å². The molecule has 0 spiro atoms. The van der Waals surface area contributed by atoms with Gasteiger partial charge in [-0.3, -0.25) is 9.63 Å². The van der Waals surface area contributed by atoms with Gasteiger partial charge < -0.3 is 14.8 Å². The van der Waals surface area contributed by atoms with Crippen LogP contribution in [0, 0.1) is 0 Å². The van der Waals surface area contributed by atoms with Crippen molar-refractivity contribution in [2.45, 2.75) is 38.3 Å². The first-order valence-electron chi connectivity index (χ1n) is 9.93. The third kappa shape index (κ3) is 5.76. The summed E-state index contributed by atoms with van der Waals surface area (Å²) in [5.74, 6) is 0.0864. The molecule has 9 nitrogen and oxygen atoms in total.